The lowest BCUT2D eigenvalue weighted by molar-refractivity contribution is 1.22. The molecule has 8 heteroatoms. The van der Waals surface area contributed by atoms with E-state index in [9.17, 15) is 0 Å². The molecule has 0 aliphatic carbocycles. The normalized spacial score (nSPS) is 11.0. The number of benzene rings is 2. The molecule has 0 saturated heterocycles. The molecule has 0 aliphatic rings. The van der Waals surface area contributed by atoms with Crippen LogP contribution in [0.15, 0.2) is 207 Å². The van der Waals surface area contributed by atoms with E-state index in [4.69, 9.17) is 24.9 Å². The lowest BCUT2D eigenvalue weighted by Crippen LogP contribution is -1.96. The topological polar surface area (TPSA) is 103 Å². The van der Waals surface area contributed by atoms with Gasteiger partial charge in [-0.3, -0.25) is 34.9 Å². The van der Waals surface area contributed by atoms with E-state index in [0.717, 1.165) is 101 Å². The van der Waals surface area contributed by atoms with E-state index in [1.54, 1.807) is 18.6 Å². The van der Waals surface area contributed by atoms with Crippen molar-refractivity contribution in [2.24, 2.45) is 0 Å². The Morgan fingerprint density at radius 3 is 1.03 bits per heavy atom. The van der Waals surface area contributed by atoms with Crippen molar-refractivity contribution < 1.29 is 0 Å². The van der Waals surface area contributed by atoms with Gasteiger partial charge in [0, 0.05) is 71.2 Å². The van der Waals surface area contributed by atoms with Crippen LogP contribution in [0.5, 0.6) is 0 Å². The Hall–Kier alpha value is -8.36. The largest absolute Gasteiger partial charge is 0.256 e. The van der Waals surface area contributed by atoms with Crippen LogP contribution in [0.3, 0.4) is 0 Å². The molecule has 0 spiro atoms. The monoisotopic (exact) mass is 770 g/mol. The molecular weight excluding hydrogens is 737 g/mol. The Labute approximate surface area is 347 Å². The molecule has 0 N–H and O–H groups in total. The van der Waals surface area contributed by atoms with Gasteiger partial charge < -0.3 is 0 Å². The van der Waals surface area contributed by atoms with E-state index in [1.165, 1.54) is 0 Å². The Balaban J connectivity index is 1.13. The summed E-state index contributed by atoms with van der Waals surface area (Å²) < 4.78 is 0. The van der Waals surface area contributed by atoms with Gasteiger partial charge >= 0.3 is 0 Å². The molecule has 8 heterocycles. The lowest BCUT2D eigenvalue weighted by Gasteiger charge is -2.18. The highest BCUT2D eigenvalue weighted by molar-refractivity contribution is 5.94. The smallest absolute Gasteiger partial charge is 0.0894 e. The number of pyridine rings is 8. The first-order valence-electron chi connectivity index (χ1n) is 19.5. The van der Waals surface area contributed by atoms with Gasteiger partial charge in [-0.15, -0.1) is 0 Å². The first kappa shape index (κ1) is 36.0. The molecule has 8 aromatic heterocycles. The third-order valence-corrected chi connectivity index (χ3v) is 10.3. The number of hydrogen-bond acceptors (Lipinski definition) is 8. The maximum absolute atomic E-state index is 5.06. The van der Waals surface area contributed by atoms with Gasteiger partial charge in [0.25, 0.3) is 0 Å². The van der Waals surface area contributed by atoms with Crippen LogP contribution >= 0.6 is 0 Å². The van der Waals surface area contributed by atoms with Crippen molar-refractivity contribution in [3.8, 4) is 101 Å². The predicted octanol–water partition coefficient (Wildman–Crippen LogP) is 11.8. The third kappa shape index (κ3) is 7.44. The Kier molecular flexibility index (Phi) is 9.75. The van der Waals surface area contributed by atoms with Crippen LogP contribution in [0.25, 0.3) is 101 Å². The van der Waals surface area contributed by atoms with Crippen molar-refractivity contribution in [2.75, 3.05) is 0 Å². The summed E-state index contributed by atoms with van der Waals surface area (Å²) in [6.07, 6.45) is 13.0. The second-order valence-electron chi connectivity index (χ2n) is 14.1. The van der Waals surface area contributed by atoms with Crippen LogP contribution in [0.1, 0.15) is 0 Å². The Morgan fingerprint density at radius 1 is 0.217 bits per heavy atom. The molecule has 0 atom stereocenters. The van der Waals surface area contributed by atoms with Gasteiger partial charge in [0.15, 0.2) is 0 Å². The first-order valence-corrected chi connectivity index (χ1v) is 19.5. The SMILES string of the molecule is c1ccc(-c2ccc(-c3cc(-c4ccc(-c5ccccn5)nc4)c(-c4ccc(-c5cccc(-c6ccccn6)n5)nc4)cc3-c3ccc(-c4ccccn4)nc3)nc2)cc1. The minimum atomic E-state index is 0.758. The fraction of sp³-hybridized carbons (Fsp3) is 0. The second-order valence-corrected chi connectivity index (χ2v) is 14.1. The molecular formula is C52H34N8. The molecule has 0 amide bonds. The van der Waals surface area contributed by atoms with Crippen LogP contribution in [-0.2, 0) is 0 Å². The standard InChI is InChI=1S/C52H34N8/c1-2-11-35(12-3-1)36-18-22-44(56-31-36)43-30-41(38-19-23-48(57-32-38)45-13-4-7-26-53-45)40(29-42(43)39-20-24-49(58-34-39)46-14-5-8-27-54-46)37-21-25-50(59-33-37)52-17-10-16-51(60-52)47-15-6-9-28-55-47/h1-34H. The van der Waals surface area contributed by atoms with Crippen LogP contribution in [0, 0.1) is 0 Å². The number of hydrogen-bond donors (Lipinski definition) is 0. The quantitative estimate of drug-likeness (QED) is 0.143. The molecule has 2 aromatic carbocycles. The maximum Gasteiger partial charge on any atom is 0.0894 e. The van der Waals surface area contributed by atoms with Crippen molar-refractivity contribution in [3.05, 3.63) is 207 Å². The van der Waals surface area contributed by atoms with Crippen molar-refractivity contribution in [1.29, 1.82) is 0 Å². The molecule has 8 nitrogen and oxygen atoms in total. The third-order valence-electron chi connectivity index (χ3n) is 10.3. The summed E-state index contributed by atoms with van der Waals surface area (Å²) in [4.78, 5) is 38.3. The maximum atomic E-state index is 5.06. The van der Waals surface area contributed by atoms with Crippen molar-refractivity contribution in [2.45, 2.75) is 0 Å². The van der Waals surface area contributed by atoms with Gasteiger partial charge in [0.2, 0.25) is 0 Å². The van der Waals surface area contributed by atoms with Gasteiger partial charge in [-0.25, -0.2) is 4.98 Å². The molecule has 0 unspecified atom stereocenters. The minimum absolute atomic E-state index is 0.758. The molecule has 0 radical (unpaired) electrons. The second kappa shape index (κ2) is 16.2. The zero-order valence-corrected chi connectivity index (χ0v) is 32.2. The highest BCUT2D eigenvalue weighted by Gasteiger charge is 2.19. The van der Waals surface area contributed by atoms with E-state index in [2.05, 4.69) is 69.5 Å². The summed E-state index contributed by atoms with van der Waals surface area (Å²) in [5.74, 6) is 0. The summed E-state index contributed by atoms with van der Waals surface area (Å²) in [7, 11) is 0. The molecule has 282 valence electrons. The van der Waals surface area contributed by atoms with Gasteiger partial charge in [-0.1, -0.05) is 78.9 Å². The molecule has 0 saturated carbocycles. The molecule has 10 aromatic rings. The van der Waals surface area contributed by atoms with Crippen LogP contribution in [0.4, 0.5) is 0 Å². The summed E-state index contributed by atoms with van der Waals surface area (Å²) in [5.41, 5.74) is 16.0. The van der Waals surface area contributed by atoms with Crippen LogP contribution < -0.4 is 0 Å². The molecule has 60 heavy (non-hydrogen) atoms. The summed E-state index contributed by atoms with van der Waals surface area (Å²) in [6.45, 7) is 0. The van der Waals surface area contributed by atoms with Crippen LogP contribution in [-0.4, -0.2) is 39.9 Å². The van der Waals surface area contributed by atoms with Crippen molar-refractivity contribution >= 4 is 0 Å². The van der Waals surface area contributed by atoms with E-state index >= 15 is 0 Å². The van der Waals surface area contributed by atoms with Gasteiger partial charge in [0.05, 0.1) is 51.2 Å². The van der Waals surface area contributed by atoms with Gasteiger partial charge in [-0.2, -0.15) is 0 Å². The average Bonchev–Trinajstić information content (AvgIpc) is 3.35. The molecule has 10 rings (SSSR count). The number of aromatic nitrogens is 8. The van der Waals surface area contributed by atoms with E-state index in [0.29, 0.717) is 0 Å². The van der Waals surface area contributed by atoms with E-state index < -0.39 is 0 Å². The van der Waals surface area contributed by atoms with E-state index in [1.807, 2.05) is 134 Å². The zero-order valence-electron chi connectivity index (χ0n) is 32.2. The summed E-state index contributed by atoms with van der Waals surface area (Å²) in [5, 5.41) is 0. The molecule has 0 bridgehead atoms. The highest BCUT2D eigenvalue weighted by atomic mass is 14.8. The predicted molar refractivity (Wildman–Crippen MR) is 238 cm³/mol. The lowest BCUT2D eigenvalue weighted by atomic mass is 9.87. The fourth-order valence-corrected chi connectivity index (χ4v) is 7.26. The van der Waals surface area contributed by atoms with Crippen molar-refractivity contribution in [1.82, 2.24) is 39.9 Å². The summed E-state index contributed by atoms with van der Waals surface area (Å²) in [6, 6.07) is 54.7. The van der Waals surface area contributed by atoms with Gasteiger partial charge in [0.1, 0.15) is 0 Å². The fourth-order valence-electron chi connectivity index (χ4n) is 7.26. The minimum Gasteiger partial charge on any atom is -0.256 e. The van der Waals surface area contributed by atoms with Gasteiger partial charge in [-0.05, 0) is 107 Å². The van der Waals surface area contributed by atoms with Crippen molar-refractivity contribution in [3.63, 3.8) is 0 Å². The number of nitrogens with zero attached hydrogens (tertiary/aromatic N) is 8. The zero-order chi connectivity index (χ0) is 40.1. The molecule has 0 fully saturated rings. The average molecular weight is 771 g/mol. The molecule has 0 aliphatic heterocycles. The van der Waals surface area contributed by atoms with E-state index in [-0.39, 0.29) is 0 Å². The Bertz CT molecular complexity index is 3020. The summed E-state index contributed by atoms with van der Waals surface area (Å²) >= 11 is 0. The van der Waals surface area contributed by atoms with Crippen LogP contribution in [0.2, 0.25) is 0 Å². The highest BCUT2D eigenvalue weighted by Crippen LogP contribution is 2.42. The first-order chi connectivity index (χ1) is 29.7. The Morgan fingerprint density at radius 2 is 0.583 bits per heavy atom. The number of rotatable bonds is 9.